The molecule has 0 amide bonds. The van der Waals surface area contributed by atoms with Gasteiger partial charge in [0.2, 0.25) is 0 Å². The van der Waals surface area contributed by atoms with Gasteiger partial charge in [-0.25, -0.2) is 0 Å². The number of hydrogen-bond donors (Lipinski definition) is 0. The summed E-state index contributed by atoms with van der Waals surface area (Å²) in [7, 11) is 1.67. The van der Waals surface area contributed by atoms with E-state index >= 15 is 0 Å². The molecule has 1 fully saturated rings. The molecule has 6 nitrogen and oxygen atoms in total. The highest BCUT2D eigenvalue weighted by Gasteiger charge is 2.07. The summed E-state index contributed by atoms with van der Waals surface area (Å²) in [6, 6.07) is 8.04. The van der Waals surface area contributed by atoms with Gasteiger partial charge < -0.3 is 28.6 Å². The third-order valence-corrected chi connectivity index (χ3v) is 3.56. The van der Waals surface area contributed by atoms with E-state index in [1.807, 2.05) is 12.1 Å². The first-order valence-electron chi connectivity index (χ1n) is 8.10. The Kier molecular flexibility index (Phi) is 8.80. The molecule has 0 aliphatic carbocycles. The Morgan fingerprint density at radius 2 is 1.13 bits per heavy atom. The molecule has 0 atom stereocenters. The molecule has 1 aliphatic heterocycles. The first-order chi connectivity index (χ1) is 11.4. The fourth-order valence-corrected chi connectivity index (χ4v) is 2.27. The van der Waals surface area contributed by atoms with E-state index in [2.05, 4.69) is 17.0 Å². The molecule has 0 aromatic heterocycles. The SMILES string of the molecule is COc1ccc(N2CCOCCOCCOCCOCC2)cc1. The Morgan fingerprint density at radius 1 is 0.696 bits per heavy atom. The second-order valence-corrected chi connectivity index (χ2v) is 5.13. The summed E-state index contributed by atoms with van der Waals surface area (Å²) in [6.45, 7) is 6.55. The van der Waals surface area contributed by atoms with Gasteiger partial charge in [-0.1, -0.05) is 0 Å². The molecule has 6 heteroatoms. The van der Waals surface area contributed by atoms with E-state index in [0.29, 0.717) is 52.9 Å². The molecule has 0 N–H and O–H groups in total. The van der Waals surface area contributed by atoms with Gasteiger partial charge in [0.25, 0.3) is 0 Å². The number of methoxy groups -OCH3 is 1. The predicted octanol–water partition coefficient (Wildman–Crippen LogP) is 1.58. The number of rotatable bonds is 2. The van der Waals surface area contributed by atoms with Crippen molar-refractivity contribution >= 4 is 5.69 Å². The Balaban J connectivity index is 1.88. The molecule has 0 radical (unpaired) electrons. The molecule has 0 spiro atoms. The van der Waals surface area contributed by atoms with Gasteiger partial charge in [-0.05, 0) is 24.3 Å². The van der Waals surface area contributed by atoms with E-state index in [1.54, 1.807) is 7.11 Å². The zero-order valence-electron chi connectivity index (χ0n) is 13.9. The van der Waals surface area contributed by atoms with Gasteiger partial charge in [-0.15, -0.1) is 0 Å². The third kappa shape index (κ3) is 7.18. The molecule has 1 aromatic carbocycles. The van der Waals surface area contributed by atoms with Crippen LogP contribution in [0.2, 0.25) is 0 Å². The van der Waals surface area contributed by atoms with Gasteiger partial charge in [0.1, 0.15) is 5.75 Å². The third-order valence-electron chi connectivity index (χ3n) is 3.56. The molecule has 130 valence electrons. The summed E-state index contributed by atoms with van der Waals surface area (Å²) in [4.78, 5) is 2.25. The quantitative estimate of drug-likeness (QED) is 0.823. The van der Waals surface area contributed by atoms with Crippen LogP contribution in [0.3, 0.4) is 0 Å². The summed E-state index contributed by atoms with van der Waals surface area (Å²) >= 11 is 0. The lowest BCUT2D eigenvalue weighted by Gasteiger charge is -2.25. The van der Waals surface area contributed by atoms with Gasteiger partial charge >= 0.3 is 0 Å². The lowest BCUT2D eigenvalue weighted by Crippen LogP contribution is -2.31. The zero-order valence-corrected chi connectivity index (χ0v) is 13.9. The van der Waals surface area contributed by atoms with Crippen LogP contribution in [-0.2, 0) is 18.9 Å². The molecule has 1 aliphatic rings. The van der Waals surface area contributed by atoms with E-state index in [9.17, 15) is 0 Å². The van der Waals surface area contributed by atoms with Gasteiger partial charge in [0.15, 0.2) is 0 Å². The van der Waals surface area contributed by atoms with E-state index < -0.39 is 0 Å². The van der Waals surface area contributed by atoms with Gasteiger partial charge in [0.05, 0.1) is 60.0 Å². The van der Waals surface area contributed by atoms with Gasteiger partial charge in [-0.3, -0.25) is 0 Å². The van der Waals surface area contributed by atoms with Crippen LogP contribution in [0, 0.1) is 0 Å². The number of benzene rings is 1. The lowest BCUT2D eigenvalue weighted by molar-refractivity contribution is 0.00206. The monoisotopic (exact) mass is 325 g/mol. The Hall–Kier alpha value is -1.34. The zero-order chi connectivity index (χ0) is 16.2. The summed E-state index contributed by atoms with van der Waals surface area (Å²) in [5, 5.41) is 0. The van der Waals surface area contributed by atoms with E-state index in [4.69, 9.17) is 23.7 Å². The maximum Gasteiger partial charge on any atom is 0.119 e. The van der Waals surface area contributed by atoms with Gasteiger partial charge in [-0.2, -0.15) is 0 Å². The number of nitrogens with zero attached hydrogens (tertiary/aromatic N) is 1. The largest absolute Gasteiger partial charge is 0.497 e. The minimum absolute atomic E-state index is 0.599. The summed E-state index contributed by atoms with van der Waals surface area (Å²) < 4.78 is 27.3. The van der Waals surface area contributed by atoms with Crippen molar-refractivity contribution in [3.8, 4) is 5.75 Å². The van der Waals surface area contributed by atoms with Crippen molar-refractivity contribution in [2.24, 2.45) is 0 Å². The van der Waals surface area contributed by atoms with Crippen molar-refractivity contribution in [2.45, 2.75) is 0 Å². The smallest absolute Gasteiger partial charge is 0.119 e. The van der Waals surface area contributed by atoms with Crippen molar-refractivity contribution in [3.05, 3.63) is 24.3 Å². The molecule has 0 saturated carbocycles. The van der Waals surface area contributed by atoms with Crippen LogP contribution in [0.5, 0.6) is 5.75 Å². The molecule has 1 heterocycles. The van der Waals surface area contributed by atoms with Crippen LogP contribution in [0.25, 0.3) is 0 Å². The van der Waals surface area contributed by atoms with Crippen molar-refractivity contribution in [3.63, 3.8) is 0 Å². The second-order valence-electron chi connectivity index (χ2n) is 5.13. The van der Waals surface area contributed by atoms with Gasteiger partial charge in [0, 0.05) is 18.8 Å². The Labute approximate surface area is 138 Å². The highest BCUT2D eigenvalue weighted by molar-refractivity contribution is 5.49. The topological polar surface area (TPSA) is 49.4 Å². The molecule has 1 aromatic rings. The van der Waals surface area contributed by atoms with Crippen molar-refractivity contribution in [2.75, 3.05) is 78.0 Å². The van der Waals surface area contributed by atoms with Crippen molar-refractivity contribution < 1.29 is 23.7 Å². The number of ether oxygens (including phenoxy) is 5. The molecule has 2 rings (SSSR count). The highest BCUT2D eigenvalue weighted by atomic mass is 16.6. The first-order valence-corrected chi connectivity index (χ1v) is 8.10. The Bertz CT molecular complexity index is 396. The average molecular weight is 325 g/mol. The van der Waals surface area contributed by atoms with Crippen LogP contribution in [0.15, 0.2) is 24.3 Å². The standard InChI is InChI=1S/C17H27NO5/c1-19-17-4-2-16(3-5-17)18-6-8-20-10-12-22-14-15-23-13-11-21-9-7-18/h2-5H,6-15H2,1H3. The fraction of sp³-hybridized carbons (Fsp3) is 0.647. The number of hydrogen-bond acceptors (Lipinski definition) is 6. The minimum atomic E-state index is 0.599. The van der Waals surface area contributed by atoms with E-state index in [0.717, 1.165) is 24.5 Å². The first kappa shape index (κ1) is 18.0. The molecular weight excluding hydrogens is 298 g/mol. The van der Waals surface area contributed by atoms with E-state index in [-0.39, 0.29) is 0 Å². The van der Waals surface area contributed by atoms with Crippen molar-refractivity contribution in [1.29, 1.82) is 0 Å². The maximum absolute atomic E-state index is 5.63. The Morgan fingerprint density at radius 3 is 1.57 bits per heavy atom. The number of anilines is 1. The highest BCUT2D eigenvalue weighted by Crippen LogP contribution is 2.19. The average Bonchev–Trinajstić information content (AvgIpc) is 2.60. The van der Waals surface area contributed by atoms with Crippen LogP contribution < -0.4 is 9.64 Å². The lowest BCUT2D eigenvalue weighted by atomic mass is 10.2. The summed E-state index contributed by atoms with van der Waals surface area (Å²) in [6.07, 6.45) is 0. The molecule has 1 saturated heterocycles. The molecule has 23 heavy (non-hydrogen) atoms. The van der Waals surface area contributed by atoms with Crippen molar-refractivity contribution in [1.82, 2.24) is 0 Å². The van der Waals surface area contributed by atoms with Crippen LogP contribution in [0.1, 0.15) is 0 Å². The molecule has 0 unspecified atom stereocenters. The molecule has 0 bridgehead atoms. The summed E-state index contributed by atoms with van der Waals surface area (Å²) in [5.41, 5.74) is 1.13. The summed E-state index contributed by atoms with van der Waals surface area (Å²) in [5.74, 6) is 0.855. The second kappa shape index (κ2) is 11.2. The normalized spacial score (nSPS) is 19.6. The van der Waals surface area contributed by atoms with E-state index in [1.165, 1.54) is 0 Å². The predicted molar refractivity (Wildman–Crippen MR) is 88.5 cm³/mol. The molecular formula is C17H27NO5. The van der Waals surface area contributed by atoms with Crippen LogP contribution >= 0.6 is 0 Å². The fourth-order valence-electron chi connectivity index (χ4n) is 2.27. The van der Waals surface area contributed by atoms with Crippen LogP contribution in [0.4, 0.5) is 5.69 Å². The minimum Gasteiger partial charge on any atom is -0.497 e. The maximum atomic E-state index is 5.63. The van der Waals surface area contributed by atoms with Crippen LogP contribution in [-0.4, -0.2) is 73.1 Å².